The van der Waals surface area contributed by atoms with E-state index < -0.39 is 69.1 Å². The van der Waals surface area contributed by atoms with Crippen LogP contribution in [0.25, 0.3) is 0 Å². The molecule has 22 heteroatoms. The van der Waals surface area contributed by atoms with Crippen LogP contribution in [0.3, 0.4) is 0 Å². The molecule has 0 spiro atoms. The van der Waals surface area contributed by atoms with Gasteiger partial charge >= 0.3 is 0 Å². The zero-order valence-corrected chi connectivity index (χ0v) is 28.1. The third kappa shape index (κ3) is 7.97. The zero-order valence-electron chi connectivity index (χ0n) is 24.2. The van der Waals surface area contributed by atoms with Gasteiger partial charge in [-0.15, -0.1) is 0 Å². The molecule has 0 aromatic heterocycles. The van der Waals surface area contributed by atoms with Crippen LogP contribution in [0, 0.1) is 0 Å². The Bertz CT molecular complexity index is 1960. The normalized spacial score (nSPS) is 16.4. The molecule has 17 nitrogen and oxygen atoms in total. The summed E-state index contributed by atoms with van der Waals surface area (Å²) in [4.78, 5) is 33.7. The quantitative estimate of drug-likeness (QED) is 0.124. The summed E-state index contributed by atoms with van der Waals surface area (Å²) in [5.41, 5.74) is 1.32. The lowest BCUT2D eigenvalue weighted by atomic mass is 10.2. The number of nitrogens with one attached hydrogen (secondary N) is 2. The lowest BCUT2D eigenvalue weighted by molar-refractivity contribution is -0.114. The fraction of sp³-hybridized carbons (Fsp3) is 0.120. The molecule has 0 atom stereocenters. The molecule has 1 heterocycles. The van der Waals surface area contributed by atoms with Gasteiger partial charge in [0, 0.05) is 21.0 Å². The Balaban J connectivity index is 1.97. The van der Waals surface area contributed by atoms with Crippen LogP contribution in [-0.2, 0) is 19.7 Å². The molecule has 3 aromatic rings. The van der Waals surface area contributed by atoms with Gasteiger partial charge in [-0.1, -0.05) is 23.2 Å². The Morgan fingerprint density at radius 1 is 0.851 bits per heavy atom. The van der Waals surface area contributed by atoms with Crippen molar-refractivity contribution < 1.29 is 49.9 Å². The van der Waals surface area contributed by atoms with Gasteiger partial charge in [0.1, 0.15) is 32.3 Å². The van der Waals surface area contributed by atoms with Crippen molar-refractivity contribution in [3.8, 4) is 0 Å². The second-order valence-electron chi connectivity index (χ2n) is 9.80. The topological polar surface area (TPSA) is 265 Å². The van der Waals surface area contributed by atoms with Crippen LogP contribution in [0.1, 0.15) is 6.92 Å². The summed E-state index contributed by atoms with van der Waals surface area (Å²) in [5, 5.41) is 2.25. The maximum atomic E-state index is 13.8. The Labute approximate surface area is 280 Å². The summed E-state index contributed by atoms with van der Waals surface area (Å²) in [6.07, 6.45) is 0. The van der Waals surface area contributed by atoms with Crippen molar-refractivity contribution in [2.75, 3.05) is 29.3 Å². The fourth-order valence-corrected chi connectivity index (χ4v) is 7.11. The standard InChI is InChI=1S/C25H26Cl2N6O11S3/c1-12(34)28-16-7-4-14(10-19(16)46(39,40)41)30-24-22(29-13-5-8-17(32(2)3)20(11-13)47(42,43)44)25(35)33(31-24)23-15(26)6-9-18(21(23)27)45(36,37)38/h4-11,36-41H,1-3H3,(H,28,34)(H,30,31)(H,42,43,44). The first-order chi connectivity index (χ1) is 21.6. The van der Waals surface area contributed by atoms with Crippen LogP contribution in [0.15, 0.2) is 73.2 Å². The van der Waals surface area contributed by atoms with Crippen molar-refractivity contribution in [3.63, 3.8) is 0 Å². The molecule has 47 heavy (non-hydrogen) atoms. The van der Waals surface area contributed by atoms with Crippen LogP contribution >= 0.6 is 44.9 Å². The van der Waals surface area contributed by atoms with E-state index in [9.17, 15) is 49.9 Å². The number of rotatable bonds is 8. The number of anilines is 3. The van der Waals surface area contributed by atoms with Gasteiger partial charge in [-0.25, -0.2) is 15.0 Å². The van der Waals surface area contributed by atoms with Gasteiger partial charge in [0.2, 0.25) is 5.91 Å². The fourth-order valence-electron chi connectivity index (χ4n) is 4.20. The lowest BCUT2D eigenvalue weighted by Gasteiger charge is -2.25. The first-order valence-corrected chi connectivity index (χ1v) is 17.8. The van der Waals surface area contributed by atoms with Crippen molar-refractivity contribution in [1.82, 2.24) is 5.43 Å². The molecule has 0 radical (unpaired) electrons. The molecule has 0 aliphatic carbocycles. The van der Waals surface area contributed by atoms with Crippen molar-refractivity contribution in [3.05, 3.63) is 58.6 Å². The van der Waals surface area contributed by atoms with E-state index in [-0.39, 0.29) is 39.3 Å². The van der Waals surface area contributed by atoms with E-state index in [4.69, 9.17) is 23.2 Å². The van der Waals surface area contributed by atoms with E-state index >= 15 is 0 Å². The maximum Gasteiger partial charge on any atom is 0.299 e. The molecule has 1 aliphatic rings. The molecular formula is C25H26Cl2N6O11S3. The van der Waals surface area contributed by atoms with Gasteiger partial charge in [-0.05, 0) is 48.5 Å². The van der Waals surface area contributed by atoms with E-state index in [2.05, 4.69) is 20.7 Å². The number of halogens is 2. The highest BCUT2D eigenvalue weighted by atomic mass is 35.5. The first kappa shape index (κ1) is 36.3. The number of hydrazine groups is 1. The van der Waals surface area contributed by atoms with E-state index in [0.29, 0.717) is 5.01 Å². The highest BCUT2D eigenvalue weighted by Crippen LogP contribution is 2.52. The molecule has 1 aliphatic heterocycles. The van der Waals surface area contributed by atoms with Crippen molar-refractivity contribution in [2.45, 2.75) is 21.6 Å². The third-order valence-corrected chi connectivity index (χ3v) is 9.69. The molecule has 1 saturated heterocycles. The van der Waals surface area contributed by atoms with E-state index in [1.807, 2.05) is 0 Å². The number of carbonyl (C=O) groups is 2. The molecular weight excluding hydrogens is 727 g/mol. The number of benzene rings is 3. The van der Waals surface area contributed by atoms with E-state index in [0.717, 1.165) is 31.2 Å². The van der Waals surface area contributed by atoms with Gasteiger partial charge in [0.25, 0.3) is 16.0 Å². The van der Waals surface area contributed by atoms with E-state index in [1.54, 1.807) is 0 Å². The molecule has 9 N–H and O–H groups in total. The molecule has 3 aromatic carbocycles. The average Bonchev–Trinajstić information content (AvgIpc) is 3.21. The maximum absolute atomic E-state index is 13.8. The van der Waals surface area contributed by atoms with Crippen LogP contribution in [0.4, 0.5) is 28.4 Å². The van der Waals surface area contributed by atoms with Crippen molar-refractivity contribution in [1.29, 1.82) is 0 Å². The summed E-state index contributed by atoms with van der Waals surface area (Å²) in [7, 11) is -10.6. The molecule has 254 valence electrons. The van der Waals surface area contributed by atoms with Crippen LogP contribution in [0.5, 0.6) is 0 Å². The minimum absolute atomic E-state index is 0.0935. The number of aliphatic imine (C=N–C) groups is 2. The summed E-state index contributed by atoms with van der Waals surface area (Å²) < 4.78 is 93.6. The average molecular weight is 754 g/mol. The minimum Gasteiger partial charge on any atom is -0.377 e. The van der Waals surface area contributed by atoms with Crippen LogP contribution in [0.2, 0.25) is 10.0 Å². The van der Waals surface area contributed by atoms with Gasteiger partial charge in [-0.2, -0.15) is 8.42 Å². The van der Waals surface area contributed by atoms with Gasteiger partial charge < -0.3 is 37.5 Å². The largest absolute Gasteiger partial charge is 0.377 e. The SMILES string of the molecule is CC(=O)Nc1ccc(N=C2NN(c3c(Cl)ccc(S(O)(O)O)c3Cl)C(=O)C2=Nc2ccc(N(C)C)c(S(=O)(=O)O)c2)cc1S(O)(O)O. The Morgan fingerprint density at radius 2 is 1.43 bits per heavy atom. The van der Waals surface area contributed by atoms with E-state index in [1.165, 1.54) is 43.3 Å². The van der Waals surface area contributed by atoms with Gasteiger partial charge in [-0.3, -0.25) is 19.6 Å². The number of carbonyl (C=O) groups excluding carboxylic acids is 2. The second-order valence-corrected chi connectivity index (χ2v) is 14.9. The lowest BCUT2D eigenvalue weighted by Crippen LogP contribution is -2.36. The van der Waals surface area contributed by atoms with Gasteiger partial charge in [0.15, 0.2) is 11.5 Å². The second kappa shape index (κ2) is 13.2. The molecule has 2 amide bonds. The highest BCUT2D eigenvalue weighted by Gasteiger charge is 2.39. The highest BCUT2D eigenvalue weighted by molar-refractivity contribution is 8.19. The third-order valence-electron chi connectivity index (χ3n) is 6.15. The predicted octanol–water partition coefficient (Wildman–Crippen LogP) is 5.78. The summed E-state index contributed by atoms with van der Waals surface area (Å²) in [6.45, 7) is 1.14. The monoisotopic (exact) mass is 752 g/mol. The summed E-state index contributed by atoms with van der Waals surface area (Å²) in [6, 6.07) is 9.19. The minimum atomic E-state index is -4.78. The molecule has 4 rings (SSSR count). The van der Waals surface area contributed by atoms with Crippen LogP contribution < -0.4 is 20.7 Å². The number of amidine groups is 1. The predicted molar refractivity (Wildman–Crippen MR) is 180 cm³/mol. The number of amides is 2. The Morgan fingerprint density at radius 3 is 1.98 bits per heavy atom. The smallest absolute Gasteiger partial charge is 0.299 e. The van der Waals surface area contributed by atoms with Crippen molar-refractivity contribution >= 4 is 107 Å². The molecule has 0 saturated carbocycles. The number of hydrogen-bond donors (Lipinski definition) is 9. The number of nitrogens with zero attached hydrogens (tertiary/aromatic N) is 4. The summed E-state index contributed by atoms with van der Waals surface area (Å²) in [5.74, 6) is -2.02. The van der Waals surface area contributed by atoms with Crippen LogP contribution in [-0.4, -0.2) is 77.7 Å². The van der Waals surface area contributed by atoms with Gasteiger partial charge in [0.05, 0.1) is 42.6 Å². The molecule has 0 unspecified atom stereocenters. The summed E-state index contributed by atoms with van der Waals surface area (Å²) >= 11 is 12.6. The Hall–Kier alpha value is -3.51. The zero-order chi connectivity index (χ0) is 35.2. The van der Waals surface area contributed by atoms with Crippen molar-refractivity contribution in [2.24, 2.45) is 9.98 Å². The Kier molecular flexibility index (Phi) is 10.2. The number of hydrogen-bond acceptors (Lipinski definition) is 13. The molecule has 0 bridgehead atoms. The first-order valence-electron chi connectivity index (χ1n) is 12.6. The molecule has 1 fully saturated rings.